The lowest BCUT2D eigenvalue weighted by Gasteiger charge is -2.07. The van der Waals surface area contributed by atoms with Gasteiger partial charge in [-0.15, -0.1) is 0 Å². The van der Waals surface area contributed by atoms with Gasteiger partial charge in [0.15, 0.2) is 0 Å². The number of carbonyl (C=O) groups excluding carboxylic acids is 3. The van der Waals surface area contributed by atoms with E-state index in [0.717, 1.165) is 0 Å². The monoisotopic (exact) mass is 394 g/mol. The second-order valence-electron chi connectivity index (χ2n) is 5.42. The van der Waals surface area contributed by atoms with Crippen molar-refractivity contribution in [2.75, 3.05) is 18.5 Å². The molecule has 0 radical (unpaired) electrons. The highest BCUT2D eigenvalue weighted by Crippen LogP contribution is 2.27. The van der Waals surface area contributed by atoms with E-state index in [2.05, 4.69) is 5.32 Å². The fraction of sp³-hybridized carbons (Fsp3) is 0.278. The molecule has 0 aliphatic heterocycles. The van der Waals surface area contributed by atoms with Gasteiger partial charge < -0.3 is 19.6 Å². The van der Waals surface area contributed by atoms with Gasteiger partial charge in [0.2, 0.25) is 11.8 Å². The van der Waals surface area contributed by atoms with Crippen LogP contribution in [-0.2, 0) is 9.53 Å². The molecular formula is C18H19ClN2O6. The van der Waals surface area contributed by atoms with E-state index in [-0.39, 0.29) is 42.4 Å². The highest BCUT2D eigenvalue weighted by Gasteiger charge is 2.29. The fourth-order valence-electron chi connectivity index (χ4n) is 2.30. The van der Waals surface area contributed by atoms with Gasteiger partial charge in [0.25, 0.3) is 5.91 Å². The van der Waals surface area contributed by atoms with Crippen molar-refractivity contribution in [3.8, 4) is 5.75 Å². The Balaban J connectivity index is 2.04. The van der Waals surface area contributed by atoms with Crippen molar-refractivity contribution in [1.29, 1.82) is 0 Å². The number of hydrogen-bond donors (Lipinski definition) is 2. The van der Waals surface area contributed by atoms with E-state index in [1.807, 2.05) is 0 Å². The van der Waals surface area contributed by atoms with Gasteiger partial charge in [-0.1, -0.05) is 11.6 Å². The van der Waals surface area contributed by atoms with E-state index in [0.29, 0.717) is 10.8 Å². The molecule has 3 N–H and O–H groups in total. The number of furan rings is 1. The van der Waals surface area contributed by atoms with Crippen LogP contribution in [0.4, 0.5) is 5.88 Å². The van der Waals surface area contributed by atoms with Crippen molar-refractivity contribution in [1.82, 2.24) is 0 Å². The minimum atomic E-state index is -0.914. The molecule has 0 atom stereocenters. The number of rotatable bonds is 8. The number of primary amides is 1. The summed E-state index contributed by atoms with van der Waals surface area (Å²) in [6, 6.07) is 6.68. The average molecular weight is 395 g/mol. The van der Waals surface area contributed by atoms with Crippen LogP contribution >= 0.6 is 11.6 Å². The van der Waals surface area contributed by atoms with Gasteiger partial charge in [0, 0.05) is 5.02 Å². The summed E-state index contributed by atoms with van der Waals surface area (Å²) in [7, 11) is 0. The number of carbonyl (C=O) groups is 3. The molecule has 2 rings (SSSR count). The predicted molar refractivity (Wildman–Crippen MR) is 98.1 cm³/mol. The molecule has 27 heavy (non-hydrogen) atoms. The molecule has 0 fully saturated rings. The number of amides is 2. The van der Waals surface area contributed by atoms with Crippen LogP contribution in [0.25, 0.3) is 0 Å². The maximum Gasteiger partial charge on any atom is 0.342 e. The third kappa shape index (κ3) is 5.24. The molecular weight excluding hydrogens is 376 g/mol. The molecule has 0 saturated carbocycles. The molecule has 0 bridgehead atoms. The molecule has 0 aliphatic carbocycles. The van der Waals surface area contributed by atoms with E-state index < -0.39 is 17.8 Å². The first kappa shape index (κ1) is 20.3. The first-order valence-corrected chi connectivity index (χ1v) is 8.49. The zero-order chi connectivity index (χ0) is 20.0. The standard InChI is InChI=1S/C18H19ClN2O6/c1-3-25-18(24)14-10(2)27-17(15(14)16(20)23)21-13(22)8-9-26-12-6-4-11(19)5-7-12/h4-7H,3,8-9H2,1-2H3,(H2,20,23)(H,21,22). The first-order valence-electron chi connectivity index (χ1n) is 8.12. The van der Waals surface area contributed by atoms with E-state index >= 15 is 0 Å². The van der Waals surface area contributed by atoms with Gasteiger partial charge >= 0.3 is 5.97 Å². The van der Waals surface area contributed by atoms with Gasteiger partial charge in [-0.3, -0.25) is 14.9 Å². The van der Waals surface area contributed by atoms with Crippen molar-refractivity contribution >= 4 is 35.3 Å². The van der Waals surface area contributed by atoms with E-state index in [4.69, 9.17) is 31.2 Å². The summed E-state index contributed by atoms with van der Waals surface area (Å²) >= 11 is 5.78. The van der Waals surface area contributed by atoms with Gasteiger partial charge in [-0.25, -0.2) is 4.79 Å². The summed E-state index contributed by atoms with van der Waals surface area (Å²) in [6.07, 6.45) is -0.0185. The lowest BCUT2D eigenvalue weighted by atomic mass is 10.1. The molecule has 9 heteroatoms. The quantitative estimate of drug-likeness (QED) is 0.664. The summed E-state index contributed by atoms with van der Waals surface area (Å²) in [5.41, 5.74) is 5.01. The summed E-state index contributed by atoms with van der Waals surface area (Å²) in [5.74, 6) is -1.66. The summed E-state index contributed by atoms with van der Waals surface area (Å²) < 4.78 is 15.7. The summed E-state index contributed by atoms with van der Waals surface area (Å²) in [5, 5.41) is 3.00. The third-order valence-electron chi connectivity index (χ3n) is 3.47. The van der Waals surface area contributed by atoms with Crippen LogP contribution in [0.5, 0.6) is 5.75 Å². The molecule has 2 amide bonds. The summed E-state index contributed by atoms with van der Waals surface area (Å²) in [4.78, 5) is 35.9. The molecule has 1 aromatic heterocycles. The Morgan fingerprint density at radius 3 is 2.44 bits per heavy atom. The number of nitrogens with one attached hydrogen (secondary N) is 1. The van der Waals surface area contributed by atoms with Gasteiger partial charge in [0.1, 0.15) is 22.6 Å². The van der Waals surface area contributed by atoms with Crippen molar-refractivity contribution in [2.45, 2.75) is 20.3 Å². The molecule has 0 spiro atoms. The SMILES string of the molecule is CCOC(=O)c1c(C)oc(NC(=O)CCOc2ccc(Cl)cc2)c1C(N)=O. The van der Waals surface area contributed by atoms with Crippen LogP contribution in [0.15, 0.2) is 28.7 Å². The normalized spacial score (nSPS) is 10.3. The number of anilines is 1. The number of halogens is 1. The van der Waals surface area contributed by atoms with Crippen LogP contribution in [0, 0.1) is 6.92 Å². The number of benzene rings is 1. The molecule has 2 aromatic rings. The Labute approximate surface area is 160 Å². The Hall–Kier alpha value is -3.00. The Morgan fingerprint density at radius 2 is 1.85 bits per heavy atom. The van der Waals surface area contributed by atoms with Gasteiger partial charge in [-0.05, 0) is 38.1 Å². The minimum Gasteiger partial charge on any atom is -0.493 e. The number of nitrogens with two attached hydrogens (primary N) is 1. The van der Waals surface area contributed by atoms with Crippen LogP contribution in [0.2, 0.25) is 5.02 Å². The number of hydrogen-bond acceptors (Lipinski definition) is 6. The number of ether oxygens (including phenoxy) is 2. The molecule has 1 aromatic carbocycles. The Bertz CT molecular complexity index is 844. The van der Waals surface area contributed by atoms with E-state index in [1.165, 1.54) is 6.92 Å². The topological polar surface area (TPSA) is 121 Å². The lowest BCUT2D eigenvalue weighted by Crippen LogP contribution is -2.21. The van der Waals surface area contributed by atoms with Crippen LogP contribution in [-0.4, -0.2) is 31.0 Å². The minimum absolute atomic E-state index is 0.0185. The maximum atomic E-state index is 12.1. The first-order chi connectivity index (χ1) is 12.8. The maximum absolute atomic E-state index is 12.1. The predicted octanol–water partition coefficient (Wildman–Crippen LogP) is 2.92. The fourth-order valence-corrected chi connectivity index (χ4v) is 2.42. The lowest BCUT2D eigenvalue weighted by molar-refractivity contribution is -0.116. The zero-order valence-corrected chi connectivity index (χ0v) is 15.6. The second kappa shape index (κ2) is 9.09. The highest BCUT2D eigenvalue weighted by molar-refractivity contribution is 6.30. The molecule has 1 heterocycles. The van der Waals surface area contributed by atoms with Crippen molar-refractivity contribution in [3.05, 3.63) is 46.2 Å². The number of aryl methyl sites for hydroxylation is 1. The molecule has 8 nitrogen and oxygen atoms in total. The van der Waals surface area contributed by atoms with Crippen molar-refractivity contribution < 1.29 is 28.3 Å². The van der Waals surface area contributed by atoms with Gasteiger partial charge in [-0.2, -0.15) is 0 Å². The van der Waals surface area contributed by atoms with E-state index in [9.17, 15) is 14.4 Å². The largest absolute Gasteiger partial charge is 0.493 e. The molecule has 0 saturated heterocycles. The van der Waals surface area contributed by atoms with Crippen LogP contribution in [0.1, 0.15) is 39.8 Å². The van der Waals surface area contributed by atoms with Crippen LogP contribution in [0.3, 0.4) is 0 Å². The second-order valence-corrected chi connectivity index (χ2v) is 5.86. The van der Waals surface area contributed by atoms with E-state index in [1.54, 1.807) is 31.2 Å². The van der Waals surface area contributed by atoms with Crippen LogP contribution < -0.4 is 15.8 Å². The van der Waals surface area contributed by atoms with Crippen molar-refractivity contribution in [3.63, 3.8) is 0 Å². The zero-order valence-electron chi connectivity index (χ0n) is 14.8. The van der Waals surface area contributed by atoms with Crippen molar-refractivity contribution in [2.24, 2.45) is 5.73 Å². The average Bonchev–Trinajstić information content (AvgIpc) is 2.93. The molecule has 0 aliphatic rings. The summed E-state index contributed by atoms with van der Waals surface area (Å²) in [6.45, 7) is 3.30. The molecule has 0 unspecified atom stereocenters. The Morgan fingerprint density at radius 1 is 1.19 bits per heavy atom. The Kier molecular flexibility index (Phi) is 6.84. The smallest absolute Gasteiger partial charge is 0.342 e. The molecule has 144 valence electrons. The highest BCUT2D eigenvalue weighted by atomic mass is 35.5. The number of esters is 1. The van der Waals surface area contributed by atoms with Gasteiger partial charge in [0.05, 0.1) is 19.6 Å². The third-order valence-corrected chi connectivity index (χ3v) is 3.73.